The smallest absolute Gasteiger partial charge is 0.255 e. The molecule has 0 atom stereocenters. The summed E-state index contributed by atoms with van der Waals surface area (Å²) in [5.41, 5.74) is 9.36. The summed E-state index contributed by atoms with van der Waals surface area (Å²) < 4.78 is 9.62. The number of hydrogen-bond donors (Lipinski definition) is 2. The minimum absolute atomic E-state index is 0.190. The number of carbonyl (C=O) groups excluding carboxylic acids is 2. The van der Waals surface area contributed by atoms with E-state index in [0.29, 0.717) is 46.2 Å². The third kappa shape index (κ3) is 3.82. The van der Waals surface area contributed by atoms with Gasteiger partial charge in [0, 0.05) is 31.5 Å². The van der Waals surface area contributed by atoms with Gasteiger partial charge < -0.3 is 24.9 Å². The Morgan fingerprint density at radius 2 is 1.88 bits per heavy atom. The lowest BCUT2D eigenvalue weighted by Crippen LogP contribution is -2.12. The van der Waals surface area contributed by atoms with Crippen LogP contribution in [0.25, 0.3) is 22.6 Å². The first-order valence-corrected chi connectivity index (χ1v) is 10.4. The van der Waals surface area contributed by atoms with Crippen molar-refractivity contribution >= 4 is 28.5 Å². The fraction of sp³-hybridized carbons (Fsp3) is 0.208. The van der Waals surface area contributed by atoms with Crippen LogP contribution in [-0.4, -0.2) is 32.5 Å². The number of nitrogens with two attached hydrogens (primary N) is 1. The number of hydrogen-bond acceptors (Lipinski definition) is 4. The molecule has 0 saturated carbocycles. The monoisotopic (exact) mass is 431 g/mol. The van der Waals surface area contributed by atoms with E-state index < -0.39 is 5.91 Å². The first-order chi connectivity index (χ1) is 15.4. The third-order valence-corrected chi connectivity index (χ3v) is 5.24. The fourth-order valence-corrected chi connectivity index (χ4v) is 3.67. The Morgan fingerprint density at radius 3 is 2.56 bits per heavy atom. The molecule has 0 aliphatic rings. The number of rotatable bonds is 7. The topological polar surface area (TPSA) is 104 Å². The van der Waals surface area contributed by atoms with Gasteiger partial charge in [0.15, 0.2) is 11.6 Å². The summed E-state index contributed by atoms with van der Waals surface area (Å²) in [5, 5.41) is 2.91. The van der Waals surface area contributed by atoms with E-state index in [2.05, 4.69) is 5.32 Å². The van der Waals surface area contributed by atoms with Gasteiger partial charge in [-0.3, -0.25) is 9.59 Å². The number of carbonyl (C=O) groups is 2. The van der Waals surface area contributed by atoms with Crippen molar-refractivity contribution in [3.8, 4) is 17.3 Å². The van der Waals surface area contributed by atoms with Gasteiger partial charge in [-0.05, 0) is 36.8 Å². The maximum atomic E-state index is 12.5. The highest BCUT2D eigenvalue weighted by molar-refractivity contribution is 6.05. The van der Waals surface area contributed by atoms with Gasteiger partial charge in [-0.15, -0.1) is 0 Å². The van der Waals surface area contributed by atoms with Gasteiger partial charge in [0.25, 0.3) is 11.8 Å². The van der Waals surface area contributed by atoms with Crippen molar-refractivity contribution in [3.05, 3.63) is 65.9 Å². The molecule has 4 rings (SSSR count). The first kappa shape index (κ1) is 21.2. The van der Waals surface area contributed by atoms with E-state index in [9.17, 15) is 9.59 Å². The Balaban J connectivity index is 1.75. The maximum Gasteiger partial charge on any atom is 0.255 e. The van der Waals surface area contributed by atoms with Gasteiger partial charge in [0.1, 0.15) is 5.69 Å². The number of benzene rings is 2. The number of amides is 2. The molecule has 2 amide bonds. The average Bonchev–Trinajstić information content (AvgIpc) is 3.28. The number of imidazole rings is 1. The second-order valence-corrected chi connectivity index (χ2v) is 7.56. The molecule has 8 heteroatoms. The molecular formula is C24H25N5O3. The van der Waals surface area contributed by atoms with Crippen LogP contribution < -0.4 is 15.8 Å². The van der Waals surface area contributed by atoms with Crippen LogP contribution in [0.3, 0.4) is 0 Å². The summed E-state index contributed by atoms with van der Waals surface area (Å²) in [6.45, 7) is 2.45. The predicted molar refractivity (Wildman–Crippen MR) is 124 cm³/mol. The van der Waals surface area contributed by atoms with Crippen molar-refractivity contribution in [3.63, 3.8) is 0 Å². The molecule has 0 spiro atoms. The summed E-state index contributed by atoms with van der Waals surface area (Å²) in [4.78, 5) is 29.2. The van der Waals surface area contributed by atoms with Crippen molar-refractivity contribution < 1.29 is 14.3 Å². The van der Waals surface area contributed by atoms with E-state index in [0.717, 1.165) is 11.9 Å². The summed E-state index contributed by atoms with van der Waals surface area (Å²) in [7, 11) is 3.72. The Bertz CT molecular complexity index is 1300. The lowest BCUT2D eigenvalue weighted by atomic mass is 10.2. The van der Waals surface area contributed by atoms with E-state index >= 15 is 0 Å². The minimum Gasteiger partial charge on any atom is -0.490 e. The molecule has 0 fully saturated rings. The molecule has 8 nitrogen and oxygen atoms in total. The number of ether oxygens (including phenoxy) is 1. The quantitative estimate of drug-likeness (QED) is 0.465. The molecule has 0 unspecified atom stereocenters. The Labute approximate surface area is 185 Å². The number of aromatic nitrogens is 3. The van der Waals surface area contributed by atoms with Crippen LogP contribution in [0.2, 0.25) is 0 Å². The molecule has 0 aliphatic heterocycles. The van der Waals surface area contributed by atoms with Crippen LogP contribution in [0, 0.1) is 0 Å². The highest BCUT2D eigenvalue weighted by Gasteiger charge is 2.24. The first-order valence-electron chi connectivity index (χ1n) is 10.4. The summed E-state index contributed by atoms with van der Waals surface area (Å²) in [6, 6.07) is 14.6. The molecular weight excluding hydrogens is 406 g/mol. The number of primary amides is 1. The van der Waals surface area contributed by atoms with E-state index in [-0.39, 0.29) is 5.91 Å². The molecule has 4 aromatic rings. The van der Waals surface area contributed by atoms with Gasteiger partial charge in [0.05, 0.1) is 23.2 Å². The highest BCUT2D eigenvalue weighted by atomic mass is 16.5. The standard InChI is InChI=1S/C24H25N5O3/c1-4-12-32-21-17(22(25)30)14-28(2)20(21)23-27-18-13-16(10-11-19(18)29(23)3)26-24(31)15-8-6-5-7-9-15/h5-11,13-14H,4,12H2,1-3H3,(H2,25,30)(H,26,31). The number of nitrogens with zero attached hydrogens (tertiary/aromatic N) is 3. The SMILES string of the molecule is CCCOc1c(C(N)=O)cn(C)c1-c1nc2cc(NC(=O)c3ccccc3)ccc2n1C. The fourth-order valence-electron chi connectivity index (χ4n) is 3.67. The number of fused-ring (bicyclic) bond motifs is 1. The van der Waals surface area contributed by atoms with Crippen molar-refractivity contribution in [1.29, 1.82) is 0 Å². The zero-order valence-corrected chi connectivity index (χ0v) is 18.3. The number of anilines is 1. The Morgan fingerprint density at radius 1 is 1.12 bits per heavy atom. The minimum atomic E-state index is -0.553. The van der Waals surface area contributed by atoms with Crippen molar-refractivity contribution in [1.82, 2.24) is 14.1 Å². The van der Waals surface area contributed by atoms with E-state index in [4.69, 9.17) is 15.5 Å². The second-order valence-electron chi connectivity index (χ2n) is 7.56. The number of nitrogens with one attached hydrogen (secondary N) is 1. The molecule has 0 saturated heterocycles. The van der Waals surface area contributed by atoms with Crippen molar-refractivity contribution in [2.45, 2.75) is 13.3 Å². The van der Waals surface area contributed by atoms with E-state index in [1.807, 2.05) is 62.0 Å². The van der Waals surface area contributed by atoms with Gasteiger partial charge in [-0.25, -0.2) is 4.98 Å². The molecule has 164 valence electrons. The summed E-state index contributed by atoms with van der Waals surface area (Å²) in [6.07, 6.45) is 2.45. The average molecular weight is 431 g/mol. The lowest BCUT2D eigenvalue weighted by Gasteiger charge is -2.10. The van der Waals surface area contributed by atoms with Crippen LogP contribution in [-0.2, 0) is 14.1 Å². The molecule has 0 radical (unpaired) electrons. The zero-order valence-electron chi connectivity index (χ0n) is 18.3. The van der Waals surface area contributed by atoms with Crippen molar-refractivity contribution in [2.24, 2.45) is 19.8 Å². The molecule has 0 bridgehead atoms. The molecule has 3 N–H and O–H groups in total. The van der Waals surface area contributed by atoms with Gasteiger partial charge in [0.2, 0.25) is 0 Å². The van der Waals surface area contributed by atoms with Crippen LogP contribution in [0.15, 0.2) is 54.7 Å². The van der Waals surface area contributed by atoms with Crippen LogP contribution in [0.4, 0.5) is 5.69 Å². The summed E-state index contributed by atoms with van der Waals surface area (Å²) in [5.74, 6) is 0.318. The van der Waals surface area contributed by atoms with Gasteiger partial charge >= 0.3 is 0 Å². The highest BCUT2D eigenvalue weighted by Crippen LogP contribution is 2.36. The van der Waals surface area contributed by atoms with Gasteiger partial charge in [-0.2, -0.15) is 0 Å². The second kappa shape index (κ2) is 8.58. The largest absolute Gasteiger partial charge is 0.490 e. The molecule has 2 aromatic carbocycles. The third-order valence-electron chi connectivity index (χ3n) is 5.24. The molecule has 0 aliphatic carbocycles. The molecule has 2 aromatic heterocycles. The van der Waals surface area contributed by atoms with E-state index in [1.54, 1.807) is 22.9 Å². The van der Waals surface area contributed by atoms with Crippen LogP contribution in [0.5, 0.6) is 5.75 Å². The lowest BCUT2D eigenvalue weighted by molar-refractivity contribution is 0.0994. The number of aryl methyl sites for hydroxylation is 2. The molecule has 32 heavy (non-hydrogen) atoms. The molecule has 2 heterocycles. The zero-order chi connectivity index (χ0) is 22.8. The van der Waals surface area contributed by atoms with E-state index in [1.165, 1.54) is 0 Å². The summed E-state index contributed by atoms with van der Waals surface area (Å²) >= 11 is 0. The normalized spacial score (nSPS) is 11.0. The Hall–Kier alpha value is -4.07. The maximum absolute atomic E-state index is 12.5. The Kier molecular flexibility index (Phi) is 5.68. The predicted octanol–water partition coefficient (Wildman–Crippen LogP) is 3.72. The van der Waals surface area contributed by atoms with Crippen LogP contribution in [0.1, 0.15) is 34.1 Å². The van der Waals surface area contributed by atoms with Crippen LogP contribution >= 0.6 is 0 Å². The van der Waals surface area contributed by atoms with Gasteiger partial charge in [-0.1, -0.05) is 25.1 Å². The van der Waals surface area contributed by atoms with Crippen molar-refractivity contribution in [2.75, 3.05) is 11.9 Å².